The van der Waals surface area contributed by atoms with Crippen LogP contribution >= 0.6 is 0 Å². The molecule has 0 saturated carbocycles. The molecule has 1 aliphatic heterocycles. The van der Waals surface area contributed by atoms with E-state index in [2.05, 4.69) is 0 Å². The smallest absolute Gasteiger partial charge is 0.407 e. The first-order valence-corrected chi connectivity index (χ1v) is 7.73. The summed E-state index contributed by atoms with van der Waals surface area (Å²) in [7, 11) is 0. The number of hydrogen-bond acceptors (Lipinski definition) is 4. The summed E-state index contributed by atoms with van der Waals surface area (Å²) in [4.78, 5) is 24.5. The van der Waals surface area contributed by atoms with Gasteiger partial charge in [-0.2, -0.15) is 0 Å². The zero-order chi connectivity index (χ0) is 17.1. The second kappa shape index (κ2) is 6.86. The molecule has 6 nitrogen and oxygen atoms in total. The van der Waals surface area contributed by atoms with Gasteiger partial charge in [0.05, 0.1) is 6.10 Å². The topological polar surface area (TPSA) is 76.1 Å². The van der Waals surface area contributed by atoms with Crippen molar-refractivity contribution in [2.45, 2.75) is 72.1 Å². The maximum Gasteiger partial charge on any atom is 0.407 e. The second-order valence-corrected chi connectivity index (χ2v) is 7.90. The van der Waals surface area contributed by atoms with E-state index >= 15 is 0 Å². The van der Waals surface area contributed by atoms with E-state index in [9.17, 15) is 14.7 Å². The number of rotatable bonds is 3. The molecule has 2 unspecified atom stereocenters. The first-order valence-electron chi connectivity index (χ1n) is 7.73. The summed E-state index contributed by atoms with van der Waals surface area (Å²) >= 11 is 0. The van der Waals surface area contributed by atoms with Crippen LogP contribution in [0.5, 0.6) is 0 Å². The predicted octanol–water partition coefficient (Wildman–Crippen LogP) is 2.90. The maximum absolute atomic E-state index is 11.7. The average molecular weight is 315 g/mol. The van der Waals surface area contributed by atoms with Crippen molar-refractivity contribution in [3.63, 3.8) is 0 Å². The fraction of sp³-hybridized carbons (Fsp3) is 0.875. The zero-order valence-electron chi connectivity index (χ0n) is 14.5. The van der Waals surface area contributed by atoms with Crippen molar-refractivity contribution >= 4 is 12.1 Å². The highest BCUT2D eigenvalue weighted by Crippen LogP contribution is 2.33. The standard InChI is InChI=1S/C16H29NO5/c1-15(2,3)12-9-11(7-8-17(12)14(19)20)21-10-13(18)22-16(4,5)6/h11-12H,7-10H2,1-6H3,(H,19,20). The van der Waals surface area contributed by atoms with E-state index in [4.69, 9.17) is 9.47 Å². The molecule has 1 saturated heterocycles. The normalized spacial score (nSPS) is 23.3. The molecule has 0 aromatic carbocycles. The van der Waals surface area contributed by atoms with Gasteiger partial charge in [-0.15, -0.1) is 0 Å². The van der Waals surface area contributed by atoms with E-state index < -0.39 is 11.7 Å². The van der Waals surface area contributed by atoms with Crippen LogP contribution in [0.3, 0.4) is 0 Å². The lowest BCUT2D eigenvalue weighted by Gasteiger charge is -2.44. The fourth-order valence-electron chi connectivity index (χ4n) is 2.69. The van der Waals surface area contributed by atoms with Crippen molar-refractivity contribution in [3.8, 4) is 0 Å². The Morgan fingerprint density at radius 2 is 1.77 bits per heavy atom. The molecule has 1 heterocycles. The Morgan fingerprint density at radius 1 is 1.18 bits per heavy atom. The van der Waals surface area contributed by atoms with E-state index in [0.717, 1.165) is 0 Å². The largest absolute Gasteiger partial charge is 0.465 e. The Balaban J connectivity index is 2.58. The Labute approximate surface area is 132 Å². The van der Waals surface area contributed by atoms with Gasteiger partial charge in [0.15, 0.2) is 0 Å². The van der Waals surface area contributed by atoms with Crippen LogP contribution in [-0.2, 0) is 14.3 Å². The van der Waals surface area contributed by atoms with E-state index in [-0.39, 0.29) is 30.1 Å². The highest BCUT2D eigenvalue weighted by molar-refractivity contribution is 5.71. The minimum absolute atomic E-state index is 0.0914. The first-order chi connectivity index (χ1) is 9.90. The highest BCUT2D eigenvalue weighted by atomic mass is 16.6. The highest BCUT2D eigenvalue weighted by Gasteiger charge is 2.39. The van der Waals surface area contributed by atoms with Gasteiger partial charge in [0.2, 0.25) is 0 Å². The molecule has 0 radical (unpaired) electrons. The van der Waals surface area contributed by atoms with Crippen molar-refractivity contribution in [2.24, 2.45) is 5.41 Å². The Hall–Kier alpha value is -1.30. The summed E-state index contributed by atoms with van der Waals surface area (Å²) in [5.74, 6) is -0.388. The lowest BCUT2D eigenvalue weighted by Crippen LogP contribution is -2.53. The lowest BCUT2D eigenvalue weighted by molar-refractivity contribution is -0.163. The number of carbonyl (C=O) groups excluding carboxylic acids is 1. The third kappa shape index (κ3) is 5.83. The molecule has 1 amide bonds. The van der Waals surface area contributed by atoms with Crippen LogP contribution in [0.25, 0.3) is 0 Å². The molecule has 0 bridgehead atoms. The summed E-state index contributed by atoms with van der Waals surface area (Å²) < 4.78 is 10.9. The van der Waals surface area contributed by atoms with Gasteiger partial charge in [-0.1, -0.05) is 20.8 Å². The van der Waals surface area contributed by atoms with Crippen molar-refractivity contribution in [3.05, 3.63) is 0 Å². The molecular weight excluding hydrogens is 286 g/mol. The number of amides is 1. The van der Waals surface area contributed by atoms with Gasteiger partial charge in [0.25, 0.3) is 0 Å². The predicted molar refractivity (Wildman–Crippen MR) is 82.8 cm³/mol. The molecule has 1 rings (SSSR count). The van der Waals surface area contributed by atoms with Gasteiger partial charge in [-0.05, 0) is 39.0 Å². The molecule has 0 spiro atoms. The number of nitrogens with zero attached hydrogens (tertiary/aromatic N) is 1. The van der Waals surface area contributed by atoms with Gasteiger partial charge in [-0.3, -0.25) is 0 Å². The van der Waals surface area contributed by atoms with Gasteiger partial charge in [0, 0.05) is 12.6 Å². The molecule has 2 atom stereocenters. The van der Waals surface area contributed by atoms with Gasteiger partial charge >= 0.3 is 12.1 Å². The minimum atomic E-state index is -0.898. The van der Waals surface area contributed by atoms with Crippen LogP contribution < -0.4 is 0 Å². The number of piperidine rings is 1. The molecule has 22 heavy (non-hydrogen) atoms. The summed E-state index contributed by atoms with van der Waals surface area (Å²) in [6.07, 6.45) is 0.179. The van der Waals surface area contributed by atoms with Crippen LogP contribution in [-0.4, -0.2) is 53.0 Å². The van der Waals surface area contributed by atoms with E-state index in [0.29, 0.717) is 19.4 Å². The quantitative estimate of drug-likeness (QED) is 0.810. The first kappa shape index (κ1) is 18.7. The Morgan fingerprint density at radius 3 is 2.23 bits per heavy atom. The SMILES string of the molecule is CC(C)(C)OC(=O)COC1CCN(C(=O)O)C(C(C)(C)C)C1. The third-order valence-corrected chi connectivity index (χ3v) is 3.66. The fourth-order valence-corrected chi connectivity index (χ4v) is 2.69. The van der Waals surface area contributed by atoms with Crippen LogP contribution in [0.1, 0.15) is 54.4 Å². The molecule has 1 N–H and O–H groups in total. The molecule has 6 heteroatoms. The van der Waals surface area contributed by atoms with Gasteiger partial charge < -0.3 is 19.5 Å². The van der Waals surface area contributed by atoms with Crippen LogP contribution in [0.15, 0.2) is 0 Å². The number of hydrogen-bond donors (Lipinski definition) is 1. The van der Waals surface area contributed by atoms with Crippen molar-refractivity contribution in [1.82, 2.24) is 4.90 Å². The zero-order valence-corrected chi connectivity index (χ0v) is 14.5. The number of carboxylic acid groups (broad SMARTS) is 1. The molecule has 128 valence electrons. The summed E-state index contributed by atoms with van der Waals surface area (Å²) in [6.45, 7) is 11.8. The Bertz CT molecular complexity index is 408. The summed E-state index contributed by atoms with van der Waals surface area (Å²) in [5, 5.41) is 9.31. The van der Waals surface area contributed by atoms with Gasteiger partial charge in [0.1, 0.15) is 12.2 Å². The number of likely N-dealkylation sites (tertiary alicyclic amines) is 1. The molecule has 0 aliphatic carbocycles. The minimum Gasteiger partial charge on any atom is -0.465 e. The molecule has 0 aromatic rings. The van der Waals surface area contributed by atoms with E-state index in [1.807, 2.05) is 41.5 Å². The molecular formula is C16H29NO5. The lowest BCUT2D eigenvalue weighted by atomic mass is 9.80. The van der Waals surface area contributed by atoms with Crippen LogP contribution in [0.4, 0.5) is 4.79 Å². The van der Waals surface area contributed by atoms with E-state index in [1.165, 1.54) is 4.90 Å². The number of carbonyl (C=O) groups is 2. The molecule has 1 fully saturated rings. The van der Waals surface area contributed by atoms with Gasteiger partial charge in [-0.25, -0.2) is 9.59 Å². The molecule has 0 aromatic heterocycles. The summed E-state index contributed by atoms with van der Waals surface area (Å²) in [5.41, 5.74) is -0.701. The maximum atomic E-state index is 11.7. The number of esters is 1. The average Bonchev–Trinajstić information content (AvgIpc) is 2.32. The van der Waals surface area contributed by atoms with E-state index in [1.54, 1.807) is 0 Å². The third-order valence-electron chi connectivity index (χ3n) is 3.66. The monoisotopic (exact) mass is 315 g/mol. The molecule has 1 aliphatic rings. The Kier molecular flexibility index (Phi) is 5.84. The van der Waals surface area contributed by atoms with Crippen LogP contribution in [0.2, 0.25) is 0 Å². The second-order valence-electron chi connectivity index (χ2n) is 7.90. The van der Waals surface area contributed by atoms with Crippen molar-refractivity contribution in [1.29, 1.82) is 0 Å². The number of ether oxygens (including phenoxy) is 2. The van der Waals surface area contributed by atoms with Crippen molar-refractivity contribution in [2.75, 3.05) is 13.2 Å². The van der Waals surface area contributed by atoms with Crippen molar-refractivity contribution < 1.29 is 24.2 Å². The summed E-state index contributed by atoms with van der Waals surface area (Å²) in [6, 6.07) is -0.123. The van der Waals surface area contributed by atoms with Crippen LogP contribution in [0, 0.1) is 5.41 Å².